The molecule has 2 N–H and O–H groups in total. The van der Waals surface area contributed by atoms with Crippen molar-refractivity contribution in [1.82, 2.24) is 14.1 Å². The van der Waals surface area contributed by atoms with Gasteiger partial charge in [-0.15, -0.1) is 0 Å². The van der Waals surface area contributed by atoms with Gasteiger partial charge in [0.25, 0.3) is 5.56 Å². The molecule has 0 radical (unpaired) electrons. The van der Waals surface area contributed by atoms with Gasteiger partial charge in [0, 0.05) is 19.7 Å². The quantitative estimate of drug-likeness (QED) is 0.412. The number of hydrogen-bond donors (Lipinski definition) is 2. The van der Waals surface area contributed by atoms with Crippen molar-refractivity contribution >= 4 is 22.0 Å². The molecule has 0 amide bonds. The number of H-pyrrole nitrogens is 1. The minimum Gasteiger partial charge on any atom is -0.506 e. The topological polar surface area (TPSA) is 119 Å². The molecule has 9 nitrogen and oxygen atoms in total. The van der Waals surface area contributed by atoms with E-state index in [4.69, 9.17) is 9.15 Å². The summed E-state index contributed by atoms with van der Waals surface area (Å²) in [5, 5.41) is 11.5. The highest BCUT2D eigenvalue weighted by Gasteiger charge is 2.27. The first-order valence-electron chi connectivity index (χ1n) is 10.0. The Kier molecular flexibility index (Phi) is 4.49. The zero-order valence-corrected chi connectivity index (χ0v) is 18.0. The summed E-state index contributed by atoms with van der Waals surface area (Å²) in [6.07, 6.45) is 0. The van der Waals surface area contributed by atoms with Crippen molar-refractivity contribution in [2.45, 2.75) is 0 Å². The maximum Gasteiger partial charge on any atom is 0.348 e. The lowest BCUT2D eigenvalue weighted by Crippen LogP contribution is -2.36. The van der Waals surface area contributed by atoms with Crippen molar-refractivity contribution in [2.24, 2.45) is 14.1 Å². The molecule has 0 aliphatic carbocycles. The van der Waals surface area contributed by atoms with Gasteiger partial charge < -0.3 is 19.2 Å². The van der Waals surface area contributed by atoms with E-state index in [0.717, 1.165) is 4.57 Å². The van der Waals surface area contributed by atoms with Crippen molar-refractivity contribution in [3.8, 4) is 33.9 Å². The predicted molar refractivity (Wildman–Crippen MR) is 124 cm³/mol. The minimum atomic E-state index is -0.808. The van der Waals surface area contributed by atoms with E-state index in [-0.39, 0.29) is 33.5 Å². The van der Waals surface area contributed by atoms with Crippen LogP contribution in [0.25, 0.3) is 44.4 Å². The molecule has 0 aliphatic rings. The molecule has 0 spiro atoms. The lowest BCUT2D eigenvalue weighted by atomic mass is 9.98. The fourth-order valence-corrected chi connectivity index (χ4v) is 4.10. The molecule has 3 aromatic heterocycles. The highest BCUT2D eigenvalue weighted by atomic mass is 16.5. The van der Waals surface area contributed by atoms with E-state index in [9.17, 15) is 19.5 Å². The number of nitrogens with one attached hydrogen (secondary N) is 1. The molecular formula is C24H19N3O6. The van der Waals surface area contributed by atoms with Crippen LogP contribution in [0.4, 0.5) is 0 Å². The number of benzene rings is 2. The normalized spacial score (nSPS) is 11.4. The van der Waals surface area contributed by atoms with Gasteiger partial charge in [0.1, 0.15) is 28.3 Å². The zero-order chi connectivity index (χ0) is 23.4. The van der Waals surface area contributed by atoms with E-state index in [0.29, 0.717) is 22.4 Å². The molecule has 3 heterocycles. The second kappa shape index (κ2) is 7.27. The summed E-state index contributed by atoms with van der Waals surface area (Å²) in [5.74, 6) is 0.307. The summed E-state index contributed by atoms with van der Waals surface area (Å²) < 4.78 is 12.9. The van der Waals surface area contributed by atoms with Crippen LogP contribution in [0.15, 0.2) is 67.3 Å². The smallest absolute Gasteiger partial charge is 0.348 e. The Morgan fingerprint density at radius 3 is 2.33 bits per heavy atom. The summed E-state index contributed by atoms with van der Waals surface area (Å²) >= 11 is 0. The predicted octanol–water partition coefficient (Wildman–Crippen LogP) is 2.72. The Bertz CT molecular complexity index is 1740. The van der Waals surface area contributed by atoms with Gasteiger partial charge in [-0.1, -0.05) is 12.1 Å². The van der Waals surface area contributed by atoms with Gasteiger partial charge in [-0.3, -0.25) is 13.9 Å². The van der Waals surface area contributed by atoms with E-state index >= 15 is 0 Å². The molecule has 0 bridgehead atoms. The fourth-order valence-electron chi connectivity index (χ4n) is 4.10. The Morgan fingerprint density at radius 1 is 0.939 bits per heavy atom. The minimum absolute atomic E-state index is 0.0864. The summed E-state index contributed by atoms with van der Waals surface area (Å²) in [5.41, 5.74) is -0.525. The number of para-hydroxylation sites is 1. The maximum atomic E-state index is 13.2. The number of hydrogen-bond acceptors (Lipinski definition) is 6. The SMILES string of the molecule is COc1ccc(-c2[nH]c3c(c2-c2c(O)c4ccccc4oc2=O)c(=O)n(C)c(=O)n3C)cc1. The summed E-state index contributed by atoms with van der Waals surface area (Å²) in [6, 6.07) is 13.5. The number of aromatic nitrogens is 3. The molecule has 5 rings (SSSR count). The average molecular weight is 445 g/mol. The molecular weight excluding hydrogens is 426 g/mol. The Morgan fingerprint density at radius 2 is 1.64 bits per heavy atom. The monoisotopic (exact) mass is 445 g/mol. The standard InChI is InChI=1S/C24H19N3O6/c1-26-21-18(22(29)27(2)24(26)31)16(19(25-21)12-8-10-13(32-3)11-9-12)17-20(28)14-6-4-5-7-15(14)33-23(17)30/h4-11,25,28H,1-3H3. The van der Waals surface area contributed by atoms with Crippen LogP contribution in [0, 0.1) is 0 Å². The van der Waals surface area contributed by atoms with Gasteiger partial charge in [-0.05, 0) is 42.0 Å². The molecule has 2 aromatic carbocycles. The molecule has 33 heavy (non-hydrogen) atoms. The Labute approximate surface area is 185 Å². The summed E-state index contributed by atoms with van der Waals surface area (Å²) in [6.45, 7) is 0. The van der Waals surface area contributed by atoms with Gasteiger partial charge in [0.2, 0.25) is 0 Å². The van der Waals surface area contributed by atoms with Crippen LogP contribution in [-0.2, 0) is 14.1 Å². The molecule has 0 saturated carbocycles. The van der Waals surface area contributed by atoms with Crippen LogP contribution in [0.1, 0.15) is 0 Å². The summed E-state index contributed by atoms with van der Waals surface area (Å²) in [7, 11) is 4.42. The molecule has 0 fully saturated rings. The average Bonchev–Trinajstić information content (AvgIpc) is 3.22. The van der Waals surface area contributed by atoms with E-state index < -0.39 is 16.9 Å². The van der Waals surface area contributed by atoms with Crippen molar-refractivity contribution in [3.63, 3.8) is 0 Å². The highest BCUT2D eigenvalue weighted by Crippen LogP contribution is 2.41. The largest absolute Gasteiger partial charge is 0.506 e. The number of methoxy groups -OCH3 is 1. The third kappa shape index (κ3) is 2.89. The third-order valence-electron chi connectivity index (χ3n) is 5.82. The Balaban J connectivity index is 2.00. The number of aromatic amines is 1. The van der Waals surface area contributed by atoms with E-state index in [1.54, 1.807) is 55.6 Å². The molecule has 9 heteroatoms. The third-order valence-corrected chi connectivity index (χ3v) is 5.82. The van der Waals surface area contributed by atoms with E-state index in [1.165, 1.54) is 18.7 Å². The zero-order valence-electron chi connectivity index (χ0n) is 18.0. The van der Waals surface area contributed by atoms with Crippen LogP contribution in [0.5, 0.6) is 11.5 Å². The molecule has 0 unspecified atom stereocenters. The van der Waals surface area contributed by atoms with Crippen LogP contribution >= 0.6 is 0 Å². The van der Waals surface area contributed by atoms with Crippen LogP contribution in [-0.4, -0.2) is 26.3 Å². The van der Waals surface area contributed by atoms with Gasteiger partial charge in [-0.2, -0.15) is 0 Å². The molecule has 5 aromatic rings. The highest BCUT2D eigenvalue weighted by molar-refractivity contribution is 6.05. The van der Waals surface area contributed by atoms with Crippen molar-refractivity contribution in [2.75, 3.05) is 7.11 Å². The lowest BCUT2D eigenvalue weighted by molar-refractivity contribution is 0.415. The summed E-state index contributed by atoms with van der Waals surface area (Å²) in [4.78, 5) is 42.0. The van der Waals surface area contributed by atoms with Gasteiger partial charge in [-0.25, -0.2) is 9.59 Å². The van der Waals surface area contributed by atoms with E-state index in [1.807, 2.05) is 0 Å². The van der Waals surface area contributed by atoms with E-state index in [2.05, 4.69) is 4.98 Å². The number of aromatic hydroxyl groups is 1. The number of ether oxygens (including phenoxy) is 1. The van der Waals surface area contributed by atoms with Crippen LogP contribution in [0.2, 0.25) is 0 Å². The van der Waals surface area contributed by atoms with Gasteiger partial charge >= 0.3 is 11.3 Å². The number of fused-ring (bicyclic) bond motifs is 2. The lowest BCUT2D eigenvalue weighted by Gasteiger charge is -2.09. The van der Waals surface area contributed by atoms with Crippen LogP contribution in [0.3, 0.4) is 0 Å². The van der Waals surface area contributed by atoms with Crippen molar-refractivity contribution in [3.05, 3.63) is 79.8 Å². The molecule has 0 atom stereocenters. The fraction of sp³-hybridized carbons (Fsp3) is 0.125. The van der Waals surface area contributed by atoms with Crippen LogP contribution < -0.4 is 21.6 Å². The first-order valence-corrected chi connectivity index (χ1v) is 10.0. The van der Waals surface area contributed by atoms with Crippen molar-refractivity contribution < 1.29 is 14.3 Å². The second-order valence-electron chi connectivity index (χ2n) is 7.64. The molecule has 166 valence electrons. The molecule has 0 saturated heterocycles. The Hall–Kier alpha value is -4.53. The number of nitrogens with zero attached hydrogens (tertiary/aromatic N) is 2. The number of aryl methyl sites for hydroxylation is 1. The maximum absolute atomic E-state index is 13.2. The molecule has 0 aliphatic heterocycles. The second-order valence-corrected chi connectivity index (χ2v) is 7.64. The van der Waals surface area contributed by atoms with Crippen molar-refractivity contribution in [1.29, 1.82) is 0 Å². The first kappa shape index (κ1) is 20.4. The first-order chi connectivity index (χ1) is 15.8. The van der Waals surface area contributed by atoms with Gasteiger partial charge in [0.15, 0.2) is 0 Å². The van der Waals surface area contributed by atoms with Gasteiger partial charge in [0.05, 0.1) is 23.6 Å². The number of rotatable bonds is 3.